The number of hydrogen-bond donors (Lipinski definition) is 2. The average Bonchev–Trinajstić information content (AvgIpc) is 2.75. The minimum absolute atomic E-state index is 0.110. The van der Waals surface area contributed by atoms with E-state index in [1.807, 2.05) is 30.3 Å². The van der Waals surface area contributed by atoms with Gasteiger partial charge >= 0.3 is 5.97 Å². The number of benzene rings is 3. The van der Waals surface area contributed by atoms with Gasteiger partial charge in [-0.15, -0.1) is 0 Å². The monoisotopic (exact) mass is 465 g/mol. The van der Waals surface area contributed by atoms with Crippen LogP contribution in [0.25, 0.3) is 0 Å². The summed E-state index contributed by atoms with van der Waals surface area (Å²) in [6.07, 6.45) is 0.236. The van der Waals surface area contributed by atoms with Crippen LogP contribution in [0.15, 0.2) is 83.3 Å². The van der Waals surface area contributed by atoms with Crippen molar-refractivity contribution in [2.45, 2.75) is 24.5 Å². The van der Waals surface area contributed by atoms with Crippen LogP contribution >= 0.6 is 15.9 Å². The van der Waals surface area contributed by atoms with E-state index in [0.717, 1.165) is 5.56 Å². The molecule has 0 fully saturated rings. The van der Waals surface area contributed by atoms with Crippen molar-refractivity contribution >= 4 is 27.8 Å². The van der Waals surface area contributed by atoms with Gasteiger partial charge in [0.25, 0.3) is 5.91 Å². The zero-order valence-electron chi connectivity index (χ0n) is 16.0. The standard InChI is InChI=1S/C24H20BrNO4/c25-18-11-12-21-20(14-18)24(23(28)29,26-22(27)17-9-5-2-6-10-17)15-19(30-21)13-16-7-3-1-4-8-16/h1-12,14,19H,13,15H2,(H,26,27)(H,28,29). The van der Waals surface area contributed by atoms with Crippen LogP contribution in [-0.2, 0) is 16.8 Å². The number of nitrogens with one attached hydrogen (secondary N) is 1. The lowest BCUT2D eigenvalue weighted by atomic mass is 9.80. The predicted octanol–water partition coefficient (Wildman–Crippen LogP) is 4.55. The van der Waals surface area contributed by atoms with Crippen LogP contribution < -0.4 is 10.1 Å². The molecule has 2 N–H and O–H groups in total. The molecule has 0 aromatic heterocycles. The number of carboxylic acids is 1. The number of carbonyl (C=O) groups is 2. The molecule has 1 heterocycles. The highest BCUT2D eigenvalue weighted by Gasteiger charge is 2.49. The Hall–Kier alpha value is -3.12. The Morgan fingerprint density at radius 2 is 1.70 bits per heavy atom. The van der Waals surface area contributed by atoms with Gasteiger partial charge in [-0.05, 0) is 35.9 Å². The molecule has 0 saturated heterocycles. The van der Waals surface area contributed by atoms with E-state index in [9.17, 15) is 14.7 Å². The lowest BCUT2D eigenvalue weighted by molar-refractivity contribution is -0.147. The summed E-state index contributed by atoms with van der Waals surface area (Å²) in [7, 11) is 0. The van der Waals surface area contributed by atoms with E-state index in [-0.39, 0.29) is 6.42 Å². The molecule has 1 aliphatic heterocycles. The van der Waals surface area contributed by atoms with Gasteiger partial charge in [0.15, 0.2) is 5.54 Å². The van der Waals surface area contributed by atoms with Crippen LogP contribution in [0.5, 0.6) is 5.75 Å². The molecule has 152 valence electrons. The molecule has 30 heavy (non-hydrogen) atoms. The fraction of sp³-hybridized carbons (Fsp3) is 0.167. The van der Waals surface area contributed by atoms with E-state index in [0.29, 0.717) is 27.8 Å². The molecule has 3 aromatic rings. The summed E-state index contributed by atoms with van der Waals surface area (Å²) in [6.45, 7) is 0. The molecular weight excluding hydrogens is 446 g/mol. The highest BCUT2D eigenvalue weighted by molar-refractivity contribution is 9.10. The molecule has 3 aromatic carbocycles. The van der Waals surface area contributed by atoms with Crippen molar-refractivity contribution in [1.29, 1.82) is 0 Å². The van der Waals surface area contributed by atoms with Gasteiger partial charge < -0.3 is 15.2 Å². The quantitative estimate of drug-likeness (QED) is 0.579. The van der Waals surface area contributed by atoms with Gasteiger partial charge in [0, 0.05) is 28.4 Å². The Balaban J connectivity index is 1.75. The van der Waals surface area contributed by atoms with Gasteiger partial charge in [-0.3, -0.25) is 4.79 Å². The molecule has 0 saturated carbocycles. The van der Waals surface area contributed by atoms with Crippen molar-refractivity contribution in [3.05, 3.63) is 100 Å². The average molecular weight is 466 g/mol. The van der Waals surface area contributed by atoms with Crippen molar-refractivity contribution in [1.82, 2.24) is 5.32 Å². The maximum absolute atomic E-state index is 13.0. The number of fused-ring (bicyclic) bond motifs is 1. The topological polar surface area (TPSA) is 75.6 Å². The van der Waals surface area contributed by atoms with E-state index in [1.165, 1.54) is 0 Å². The lowest BCUT2D eigenvalue weighted by Gasteiger charge is -2.40. The van der Waals surface area contributed by atoms with Crippen molar-refractivity contribution in [2.24, 2.45) is 0 Å². The number of carboxylic acid groups (broad SMARTS) is 1. The number of hydrogen-bond acceptors (Lipinski definition) is 3. The Morgan fingerprint density at radius 1 is 1.03 bits per heavy atom. The van der Waals surface area contributed by atoms with Crippen LogP contribution in [-0.4, -0.2) is 23.1 Å². The van der Waals surface area contributed by atoms with E-state index in [2.05, 4.69) is 21.2 Å². The number of rotatable bonds is 5. The fourth-order valence-electron chi connectivity index (χ4n) is 3.83. The van der Waals surface area contributed by atoms with Gasteiger partial charge in [-0.1, -0.05) is 64.5 Å². The van der Waals surface area contributed by atoms with Crippen LogP contribution in [0.3, 0.4) is 0 Å². The van der Waals surface area contributed by atoms with E-state index >= 15 is 0 Å². The molecule has 0 spiro atoms. The number of amides is 1. The minimum Gasteiger partial charge on any atom is -0.490 e. The summed E-state index contributed by atoms with van der Waals surface area (Å²) in [6, 6.07) is 23.6. The molecule has 0 aliphatic carbocycles. The summed E-state index contributed by atoms with van der Waals surface area (Å²) in [5.41, 5.74) is 0.263. The van der Waals surface area contributed by atoms with Gasteiger partial charge in [-0.2, -0.15) is 0 Å². The summed E-state index contributed by atoms with van der Waals surface area (Å²) >= 11 is 3.41. The smallest absolute Gasteiger partial charge is 0.334 e. The van der Waals surface area contributed by atoms with Crippen molar-refractivity contribution in [3.63, 3.8) is 0 Å². The highest BCUT2D eigenvalue weighted by Crippen LogP contribution is 2.42. The molecule has 2 unspecified atom stereocenters. The van der Waals surface area contributed by atoms with Crippen molar-refractivity contribution in [2.75, 3.05) is 0 Å². The summed E-state index contributed by atoms with van der Waals surface area (Å²) in [5.74, 6) is -1.10. The van der Waals surface area contributed by atoms with Crippen LogP contribution in [0.2, 0.25) is 0 Å². The van der Waals surface area contributed by atoms with Crippen LogP contribution in [0.4, 0.5) is 0 Å². The molecular formula is C24H20BrNO4. The first-order chi connectivity index (χ1) is 14.5. The van der Waals surface area contributed by atoms with Gasteiger partial charge in [0.05, 0.1) is 0 Å². The first-order valence-electron chi connectivity index (χ1n) is 9.59. The Morgan fingerprint density at radius 3 is 2.37 bits per heavy atom. The largest absolute Gasteiger partial charge is 0.490 e. The maximum atomic E-state index is 13.0. The maximum Gasteiger partial charge on any atom is 0.334 e. The second-order valence-corrected chi connectivity index (χ2v) is 8.22. The molecule has 2 atom stereocenters. The summed E-state index contributed by atoms with van der Waals surface area (Å²) in [4.78, 5) is 25.6. The fourth-order valence-corrected chi connectivity index (χ4v) is 4.19. The third kappa shape index (κ3) is 3.96. The first kappa shape index (κ1) is 20.2. The summed E-state index contributed by atoms with van der Waals surface area (Å²) < 4.78 is 6.86. The highest BCUT2D eigenvalue weighted by atomic mass is 79.9. The third-order valence-corrected chi connectivity index (χ3v) is 5.76. The van der Waals surface area contributed by atoms with Gasteiger partial charge in [-0.25, -0.2) is 4.79 Å². The zero-order valence-corrected chi connectivity index (χ0v) is 17.6. The molecule has 1 amide bonds. The molecule has 6 heteroatoms. The second kappa shape index (κ2) is 8.32. The van der Waals surface area contributed by atoms with E-state index in [4.69, 9.17) is 4.74 Å². The van der Waals surface area contributed by atoms with Crippen LogP contribution in [0, 0.1) is 0 Å². The number of aliphatic carboxylic acids is 1. The zero-order chi connectivity index (χ0) is 21.1. The van der Waals surface area contributed by atoms with E-state index in [1.54, 1.807) is 48.5 Å². The van der Waals surface area contributed by atoms with Crippen molar-refractivity contribution < 1.29 is 19.4 Å². The number of ether oxygens (including phenoxy) is 1. The second-order valence-electron chi connectivity index (χ2n) is 7.30. The number of halogens is 1. The molecule has 4 rings (SSSR count). The van der Waals surface area contributed by atoms with Gasteiger partial charge in [0.2, 0.25) is 0 Å². The Bertz CT molecular complexity index is 1070. The minimum atomic E-state index is -1.61. The Labute approximate surface area is 182 Å². The molecule has 5 nitrogen and oxygen atoms in total. The third-order valence-electron chi connectivity index (χ3n) is 5.26. The number of carbonyl (C=O) groups excluding carboxylic acids is 1. The molecule has 0 radical (unpaired) electrons. The van der Waals surface area contributed by atoms with Crippen LogP contribution in [0.1, 0.15) is 27.9 Å². The Kier molecular flexibility index (Phi) is 5.59. The van der Waals surface area contributed by atoms with Crippen molar-refractivity contribution in [3.8, 4) is 5.75 Å². The normalized spacial score (nSPS) is 20.0. The summed E-state index contributed by atoms with van der Waals surface area (Å²) in [5, 5.41) is 13.1. The molecule has 0 bridgehead atoms. The lowest BCUT2D eigenvalue weighted by Crippen LogP contribution is -2.56. The SMILES string of the molecule is O=C(NC1(C(=O)O)CC(Cc2ccccc2)Oc2ccc(Br)cc21)c1ccccc1. The first-order valence-corrected chi connectivity index (χ1v) is 10.4. The van der Waals surface area contributed by atoms with Gasteiger partial charge in [0.1, 0.15) is 11.9 Å². The van der Waals surface area contributed by atoms with E-state index < -0.39 is 23.5 Å². The molecule has 1 aliphatic rings. The predicted molar refractivity (Wildman–Crippen MR) is 117 cm³/mol.